The van der Waals surface area contributed by atoms with Crippen molar-refractivity contribution in [3.05, 3.63) is 47.0 Å². The predicted octanol–water partition coefficient (Wildman–Crippen LogP) is 3.44. The maximum absolute atomic E-state index is 12.7. The van der Waals surface area contributed by atoms with Gasteiger partial charge in [-0.2, -0.15) is 4.98 Å². The minimum atomic E-state index is -3.48. The average molecular weight is 413 g/mol. The van der Waals surface area contributed by atoms with Crippen molar-refractivity contribution in [2.45, 2.75) is 25.7 Å². The lowest BCUT2D eigenvalue weighted by Gasteiger charge is -2.18. The summed E-state index contributed by atoms with van der Waals surface area (Å²) in [4.78, 5) is 17.3. The molecule has 7 nitrogen and oxygen atoms in total. The summed E-state index contributed by atoms with van der Waals surface area (Å²) in [5.41, 5.74) is 3.34. The number of rotatable bonds is 5. The Bertz CT molecular complexity index is 1210. The van der Waals surface area contributed by atoms with Crippen LogP contribution in [-0.4, -0.2) is 39.7 Å². The Hall–Kier alpha value is -2.87. The molecule has 1 aliphatic carbocycles. The molecule has 3 aromatic rings. The van der Waals surface area contributed by atoms with E-state index in [9.17, 15) is 13.2 Å². The molecule has 2 heterocycles. The lowest BCUT2D eigenvalue weighted by Crippen LogP contribution is -2.27. The van der Waals surface area contributed by atoms with Crippen molar-refractivity contribution >= 4 is 32.8 Å². The molecule has 29 heavy (non-hydrogen) atoms. The Kier molecular flexibility index (Phi) is 4.61. The van der Waals surface area contributed by atoms with Crippen LogP contribution in [0.3, 0.4) is 0 Å². The highest BCUT2D eigenvalue weighted by Crippen LogP contribution is 2.46. The zero-order valence-corrected chi connectivity index (χ0v) is 17.6. The van der Waals surface area contributed by atoms with E-state index >= 15 is 0 Å². The van der Waals surface area contributed by atoms with Crippen LogP contribution in [0.2, 0.25) is 0 Å². The van der Waals surface area contributed by atoms with Gasteiger partial charge < -0.3 is 9.73 Å². The lowest BCUT2D eigenvalue weighted by atomic mass is 10.0. The molecule has 8 heteroatoms. The molecule has 1 fully saturated rings. The summed E-state index contributed by atoms with van der Waals surface area (Å²) in [6, 6.07) is 9.54. The van der Waals surface area contributed by atoms with Crippen LogP contribution in [0.15, 0.2) is 34.7 Å². The van der Waals surface area contributed by atoms with E-state index in [-0.39, 0.29) is 17.5 Å². The number of benzene rings is 1. The third kappa shape index (κ3) is 3.48. The number of hydrogen-bond donors (Lipinski definition) is 1. The summed E-state index contributed by atoms with van der Waals surface area (Å²) in [5.74, 6) is 0.747. The fraction of sp³-hybridized carbons (Fsp3) is 0.333. The van der Waals surface area contributed by atoms with Crippen molar-refractivity contribution in [1.82, 2.24) is 10.3 Å². The van der Waals surface area contributed by atoms with Gasteiger partial charge >= 0.3 is 0 Å². The van der Waals surface area contributed by atoms with Gasteiger partial charge in [0.2, 0.25) is 15.7 Å². The zero-order valence-electron chi connectivity index (χ0n) is 16.8. The maximum atomic E-state index is 12.7. The van der Waals surface area contributed by atoms with Gasteiger partial charge in [0, 0.05) is 19.7 Å². The summed E-state index contributed by atoms with van der Waals surface area (Å²) in [7, 11) is -0.429. The number of pyridine rings is 1. The monoisotopic (exact) mass is 413 g/mol. The Balaban J connectivity index is 2.00. The molecule has 0 radical (unpaired) electrons. The van der Waals surface area contributed by atoms with Gasteiger partial charge in [-0.25, -0.2) is 8.42 Å². The molecule has 0 spiro atoms. The van der Waals surface area contributed by atoms with Gasteiger partial charge in [-0.05, 0) is 37.3 Å². The van der Waals surface area contributed by atoms with Gasteiger partial charge in [-0.15, -0.1) is 0 Å². The number of nitrogens with zero attached hydrogens (tertiary/aromatic N) is 2. The second-order valence-corrected chi connectivity index (χ2v) is 9.52. The van der Waals surface area contributed by atoms with Crippen molar-refractivity contribution < 1.29 is 17.6 Å². The number of aryl methyl sites for hydroxylation is 1. The van der Waals surface area contributed by atoms with Crippen LogP contribution < -0.4 is 9.62 Å². The van der Waals surface area contributed by atoms with Crippen molar-refractivity contribution in [3.8, 4) is 11.3 Å². The molecule has 0 atom stereocenters. The summed E-state index contributed by atoms with van der Waals surface area (Å²) >= 11 is 0. The van der Waals surface area contributed by atoms with Crippen LogP contribution in [0.25, 0.3) is 22.4 Å². The number of hydrogen-bond acceptors (Lipinski definition) is 5. The molecule has 4 rings (SSSR count). The van der Waals surface area contributed by atoms with Gasteiger partial charge in [0.15, 0.2) is 0 Å². The number of carbonyl (C=O) groups excluding carboxylic acids is 1. The van der Waals surface area contributed by atoms with Crippen molar-refractivity contribution in [3.63, 3.8) is 0 Å². The summed E-state index contributed by atoms with van der Waals surface area (Å²) < 4.78 is 31.5. The second-order valence-electron chi connectivity index (χ2n) is 7.51. The average Bonchev–Trinajstić information content (AvgIpc) is 3.46. The number of furan rings is 1. The van der Waals surface area contributed by atoms with Gasteiger partial charge in [0.1, 0.15) is 11.6 Å². The minimum Gasteiger partial charge on any atom is -0.437 e. The molecule has 1 aromatic carbocycles. The third-order valence-corrected chi connectivity index (χ3v) is 6.44. The van der Waals surface area contributed by atoms with Gasteiger partial charge in [-0.3, -0.25) is 9.10 Å². The largest absolute Gasteiger partial charge is 0.437 e. The molecule has 0 aliphatic heterocycles. The topological polar surface area (TPSA) is 92.5 Å². The van der Waals surface area contributed by atoms with E-state index in [1.54, 1.807) is 7.05 Å². The van der Waals surface area contributed by atoms with E-state index in [1.165, 1.54) is 11.4 Å². The van der Waals surface area contributed by atoms with Crippen LogP contribution in [-0.2, 0) is 10.0 Å². The molecule has 0 saturated heterocycles. The molecule has 1 N–H and O–H groups in total. The number of sulfonamides is 1. The summed E-state index contributed by atoms with van der Waals surface area (Å²) in [5, 5.41) is 3.26. The smallest absolute Gasteiger partial charge is 0.255 e. The number of amides is 1. The second kappa shape index (κ2) is 6.88. The Morgan fingerprint density at radius 3 is 2.45 bits per heavy atom. The molecule has 152 valence electrons. The molecule has 0 unspecified atom stereocenters. The SMILES string of the molecule is CNC(=O)c1c(-c2ccc(C)cc2)oc2nc(N(C)S(C)(=O)=O)c(C3CC3)cc12. The Morgan fingerprint density at radius 2 is 1.90 bits per heavy atom. The highest BCUT2D eigenvalue weighted by Gasteiger charge is 2.33. The molecular formula is C21H23N3O4S. The Morgan fingerprint density at radius 1 is 1.24 bits per heavy atom. The van der Waals surface area contributed by atoms with Crippen LogP contribution in [0.1, 0.15) is 40.2 Å². The first kappa shape index (κ1) is 19.4. The van der Waals surface area contributed by atoms with Crippen LogP contribution >= 0.6 is 0 Å². The number of aromatic nitrogens is 1. The number of fused-ring (bicyclic) bond motifs is 1. The van der Waals surface area contributed by atoms with Crippen LogP contribution in [0.4, 0.5) is 5.82 Å². The number of anilines is 1. The fourth-order valence-electron chi connectivity index (χ4n) is 3.39. The summed E-state index contributed by atoms with van der Waals surface area (Å²) in [6.45, 7) is 1.98. The van der Waals surface area contributed by atoms with Crippen molar-refractivity contribution in [1.29, 1.82) is 0 Å². The zero-order chi connectivity index (χ0) is 20.9. The Labute approximate surface area is 169 Å². The summed E-state index contributed by atoms with van der Waals surface area (Å²) in [6.07, 6.45) is 3.08. The first-order valence-electron chi connectivity index (χ1n) is 9.41. The maximum Gasteiger partial charge on any atom is 0.255 e. The number of carbonyl (C=O) groups is 1. The standard InChI is InChI=1S/C21H23N3O4S/c1-12-5-7-14(8-6-12)18-17(20(25)22-2)16-11-15(13-9-10-13)19(23-21(16)28-18)24(3)29(4,26)27/h5-8,11,13H,9-10H2,1-4H3,(H,22,25). The van der Waals surface area contributed by atoms with E-state index in [2.05, 4.69) is 10.3 Å². The molecular weight excluding hydrogens is 390 g/mol. The lowest BCUT2D eigenvalue weighted by molar-refractivity contribution is 0.0964. The van der Waals surface area contributed by atoms with Crippen LogP contribution in [0.5, 0.6) is 0 Å². The molecule has 1 aliphatic rings. The molecule has 1 amide bonds. The van der Waals surface area contributed by atoms with Crippen molar-refractivity contribution in [2.75, 3.05) is 24.7 Å². The van der Waals surface area contributed by atoms with Gasteiger partial charge in [0.05, 0.1) is 17.2 Å². The minimum absolute atomic E-state index is 0.237. The van der Waals surface area contributed by atoms with Gasteiger partial charge in [-0.1, -0.05) is 29.8 Å². The quantitative estimate of drug-likeness (QED) is 0.692. The molecule has 1 saturated carbocycles. The molecule has 0 bridgehead atoms. The van der Waals surface area contributed by atoms with E-state index in [0.29, 0.717) is 22.5 Å². The van der Waals surface area contributed by atoms with E-state index < -0.39 is 10.0 Å². The number of nitrogens with one attached hydrogen (secondary N) is 1. The fourth-order valence-corrected chi connectivity index (χ4v) is 3.85. The molecule has 2 aromatic heterocycles. The highest BCUT2D eigenvalue weighted by atomic mass is 32.2. The van der Waals surface area contributed by atoms with Crippen LogP contribution in [0, 0.1) is 6.92 Å². The first-order valence-corrected chi connectivity index (χ1v) is 11.3. The first-order chi connectivity index (χ1) is 13.7. The van der Waals surface area contributed by atoms with Crippen molar-refractivity contribution in [2.24, 2.45) is 0 Å². The predicted molar refractivity (Wildman–Crippen MR) is 113 cm³/mol. The highest BCUT2D eigenvalue weighted by molar-refractivity contribution is 7.92. The van der Waals surface area contributed by atoms with Gasteiger partial charge in [0.25, 0.3) is 5.91 Å². The van der Waals surface area contributed by atoms with E-state index in [4.69, 9.17) is 4.42 Å². The normalized spacial score (nSPS) is 14.2. The third-order valence-electron chi connectivity index (χ3n) is 5.27. The van der Waals surface area contributed by atoms with E-state index in [1.807, 2.05) is 37.3 Å². The van der Waals surface area contributed by atoms with E-state index in [0.717, 1.165) is 35.8 Å².